The summed E-state index contributed by atoms with van der Waals surface area (Å²) in [4.78, 5) is 11.1. The van der Waals surface area contributed by atoms with Gasteiger partial charge in [-0.1, -0.05) is 15.9 Å². The average molecular weight is 237 g/mol. The number of carbonyl (C=O) groups excluding carboxylic acids is 1. The molecule has 1 aromatic heterocycles. The van der Waals surface area contributed by atoms with Crippen molar-refractivity contribution in [3.63, 3.8) is 0 Å². The molecule has 0 aliphatic heterocycles. The summed E-state index contributed by atoms with van der Waals surface area (Å²) in [7, 11) is 0. The van der Waals surface area contributed by atoms with Gasteiger partial charge in [0.05, 0.1) is 0 Å². The van der Waals surface area contributed by atoms with E-state index in [2.05, 4.69) is 15.9 Å². The van der Waals surface area contributed by atoms with Gasteiger partial charge in [-0.2, -0.15) is 0 Å². The van der Waals surface area contributed by atoms with Gasteiger partial charge in [-0.05, 0) is 19.1 Å². The van der Waals surface area contributed by atoms with Crippen molar-refractivity contribution in [1.82, 2.24) is 0 Å². The van der Waals surface area contributed by atoms with Crippen LogP contribution in [-0.4, -0.2) is 10.1 Å². The second-order valence-electron chi connectivity index (χ2n) is 2.08. The van der Waals surface area contributed by atoms with Gasteiger partial charge in [0.2, 0.25) is 5.78 Å². The summed E-state index contributed by atoms with van der Waals surface area (Å²) in [5.41, 5.74) is 0. The first-order valence-corrected chi connectivity index (χ1v) is 4.35. The second kappa shape index (κ2) is 3.41. The van der Waals surface area contributed by atoms with Crippen LogP contribution in [-0.2, 0) is 0 Å². The molecule has 0 saturated carbocycles. The average Bonchev–Trinajstić information content (AvgIpc) is 2.34. The SMILES string of the molecule is Cc1ccc(C(=O)C(Cl)Br)o1. The van der Waals surface area contributed by atoms with Crippen molar-refractivity contribution in [3.05, 3.63) is 23.7 Å². The second-order valence-corrected chi connectivity index (χ2v) is 3.95. The van der Waals surface area contributed by atoms with Crippen LogP contribution in [0.4, 0.5) is 0 Å². The maximum Gasteiger partial charge on any atom is 0.226 e. The van der Waals surface area contributed by atoms with Gasteiger partial charge in [0.15, 0.2) is 10.0 Å². The highest BCUT2D eigenvalue weighted by atomic mass is 79.9. The lowest BCUT2D eigenvalue weighted by molar-refractivity contribution is 0.0982. The summed E-state index contributed by atoms with van der Waals surface area (Å²) in [6, 6.07) is 3.33. The molecule has 0 aliphatic carbocycles. The number of ketones is 1. The number of hydrogen-bond acceptors (Lipinski definition) is 2. The van der Waals surface area contributed by atoms with Gasteiger partial charge in [0.1, 0.15) is 5.76 Å². The van der Waals surface area contributed by atoms with E-state index < -0.39 is 4.29 Å². The molecule has 4 heteroatoms. The fraction of sp³-hybridized carbons (Fsp3) is 0.286. The lowest BCUT2D eigenvalue weighted by Crippen LogP contribution is -2.05. The van der Waals surface area contributed by atoms with Crippen LogP contribution in [0.15, 0.2) is 16.5 Å². The molecule has 0 amide bonds. The minimum atomic E-state index is -0.701. The van der Waals surface area contributed by atoms with Gasteiger partial charge >= 0.3 is 0 Å². The molecule has 0 saturated heterocycles. The van der Waals surface area contributed by atoms with Gasteiger partial charge in [0, 0.05) is 0 Å². The van der Waals surface area contributed by atoms with E-state index >= 15 is 0 Å². The number of halogens is 2. The van der Waals surface area contributed by atoms with Gasteiger partial charge < -0.3 is 4.42 Å². The third-order valence-corrected chi connectivity index (χ3v) is 1.80. The van der Waals surface area contributed by atoms with E-state index in [0.717, 1.165) is 0 Å². The smallest absolute Gasteiger partial charge is 0.226 e. The number of Topliss-reactive ketones (excluding diaryl/α,β-unsaturated/α-hetero) is 1. The number of aryl methyl sites for hydroxylation is 1. The van der Waals surface area contributed by atoms with Crippen molar-refractivity contribution >= 4 is 33.3 Å². The Morgan fingerprint density at radius 3 is 2.73 bits per heavy atom. The van der Waals surface area contributed by atoms with Crippen LogP contribution in [0, 0.1) is 6.92 Å². The predicted molar refractivity (Wildman–Crippen MR) is 46.3 cm³/mol. The Hall–Kier alpha value is -0.280. The zero-order chi connectivity index (χ0) is 8.43. The van der Waals surface area contributed by atoms with Crippen LogP contribution in [0.5, 0.6) is 0 Å². The molecule has 0 fully saturated rings. The van der Waals surface area contributed by atoms with Gasteiger partial charge in [-0.25, -0.2) is 0 Å². The molecule has 0 aromatic carbocycles. The molecule has 1 unspecified atom stereocenters. The van der Waals surface area contributed by atoms with Crippen molar-refractivity contribution in [2.24, 2.45) is 0 Å². The Kier molecular flexibility index (Phi) is 2.73. The maximum atomic E-state index is 11.1. The third kappa shape index (κ3) is 2.07. The number of carbonyl (C=O) groups is 1. The van der Waals surface area contributed by atoms with Crippen LogP contribution in [0.1, 0.15) is 16.3 Å². The van der Waals surface area contributed by atoms with Gasteiger partial charge in [-0.15, -0.1) is 11.6 Å². The quantitative estimate of drug-likeness (QED) is 0.585. The molecular formula is C7H6BrClO2. The predicted octanol–water partition coefficient (Wildman–Crippen LogP) is 2.73. The summed E-state index contributed by atoms with van der Waals surface area (Å²) in [6.45, 7) is 1.77. The zero-order valence-corrected chi connectivity index (χ0v) is 8.15. The van der Waals surface area contributed by atoms with Crippen molar-refractivity contribution in [2.45, 2.75) is 11.2 Å². The molecule has 0 radical (unpaired) electrons. The van der Waals surface area contributed by atoms with E-state index in [1.165, 1.54) is 0 Å². The Morgan fingerprint density at radius 1 is 1.73 bits per heavy atom. The monoisotopic (exact) mass is 236 g/mol. The molecule has 11 heavy (non-hydrogen) atoms. The third-order valence-electron chi connectivity index (χ3n) is 1.18. The van der Waals surface area contributed by atoms with Gasteiger partial charge in [0.25, 0.3) is 0 Å². The summed E-state index contributed by atoms with van der Waals surface area (Å²) in [6.07, 6.45) is 0. The number of alkyl halides is 2. The minimum absolute atomic E-state index is 0.250. The van der Waals surface area contributed by atoms with E-state index in [4.69, 9.17) is 16.0 Å². The van der Waals surface area contributed by atoms with E-state index in [1.54, 1.807) is 19.1 Å². The van der Waals surface area contributed by atoms with Crippen molar-refractivity contribution in [2.75, 3.05) is 0 Å². The Balaban J connectivity index is 2.85. The maximum absolute atomic E-state index is 11.1. The lowest BCUT2D eigenvalue weighted by atomic mass is 10.3. The first-order valence-electron chi connectivity index (χ1n) is 3.00. The molecule has 1 rings (SSSR count). The van der Waals surface area contributed by atoms with E-state index in [-0.39, 0.29) is 5.78 Å². The molecular weight excluding hydrogens is 231 g/mol. The first kappa shape index (κ1) is 8.81. The molecule has 1 aromatic rings. The first-order chi connectivity index (χ1) is 5.11. The van der Waals surface area contributed by atoms with Crippen molar-refractivity contribution < 1.29 is 9.21 Å². The summed E-state index contributed by atoms with van der Waals surface area (Å²) in [5, 5.41) is 0. The number of hydrogen-bond donors (Lipinski definition) is 0. The normalized spacial score (nSPS) is 13.0. The topological polar surface area (TPSA) is 30.2 Å². The zero-order valence-electron chi connectivity index (χ0n) is 5.80. The van der Waals surface area contributed by atoms with Gasteiger partial charge in [-0.3, -0.25) is 4.79 Å². The molecule has 0 aliphatic rings. The van der Waals surface area contributed by atoms with Crippen molar-refractivity contribution in [1.29, 1.82) is 0 Å². The fourth-order valence-corrected chi connectivity index (χ4v) is 1.01. The van der Waals surface area contributed by atoms with E-state index in [1.807, 2.05) is 0 Å². The number of rotatable bonds is 2. The Labute approximate surface area is 77.7 Å². The largest absolute Gasteiger partial charge is 0.458 e. The van der Waals surface area contributed by atoms with Crippen LogP contribution < -0.4 is 0 Å². The van der Waals surface area contributed by atoms with Crippen LogP contribution in [0.3, 0.4) is 0 Å². The van der Waals surface area contributed by atoms with E-state index in [9.17, 15) is 4.79 Å². The molecule has 0 spiro atoms. The summed E-state index contributed by atoms with van der Waals surface area (Å²) < 4.78 is 4.34. The molecule has 2 nitrogen and oxygen atoms in total. The number of furan rings is 1. The van der Waals surface area contributed by atoms with Crippen LogP contribution >= 0.6 is 27.5 Å². The van der Waals surface area contributed by atoms with E-state index in [0.29, 0.717) is 11.5 Å². The van der Waals surface area contributed by atoms with Crippen LogP contribution in [0.25, 0.3) is 0 Å². The molecule has 0 N–H and O–H groups in total. The highest BCUT2D eigenvalue weighted by Gasteiger charge is 2.16. The standard InChI is InChI=1S/C7H6BrClO2/c1-4-2-3-5(11-4)6(10)7(8)9/h2-3,7H,1H3. The Morgan fingerprint density at radius 2 is 2.36 bits per heavy atom. The molecule has 1 heterocycles. The highest BCUT2D eigenvalue weighted by Crippen LogP contribution is 2.15. The summed E-state index contributed by atoms with van der Waals surface area (Å²) >= 11 is 8.42. The minimum Gasteiger partial charge on any atom is -0.458 e. The molecule has 1 atom stereocenters. The fourth-order valence-electron chi connectivity index (χ4n) is 0.674. The van der Waals surface area contributed by atoms with Crippen LogP contribution in [0.2, 0.25) is 0 Å². The van der Waals surface area contributed by atoms with Crippen molar-refractivity contribution in [3.8, 4) is 0 Å². The Bertz CT molecular complexity index is 267. The molecule has 0 bridgehead atoms. The highest BCUT2D eigenvalue weighted by molar-refractivity contribution is 9.10. The molecule has 60 valence electrons. The summed E-state index contributed by atoms with van der Waals surface area (Å²) in [5.74, 6) is 0.748. The lowest BCUT2D eigenvalue weighted by Gasteiger charge is -1.94.